The van der Waals surface area contributed by atoms with Crippen LogP contribution >= 0.6 is 0 Å². The van der Waals surface area contributed by atoms with Gasteiger partial charge in [-0.15, -0.1) is 0 Å². The molecule has 0 bridgehead atoms. The standard InChI is InChI=1S/C23H20N2O3S/c1-3-5-12-18(4-2)23-24-21(22(26)19-13-8-6-9-14-19)17-25(23)29(27,28)20-15-10-7-11-16-20/h3-17H,2H2,1H3/b5-3-,18-12+. The summed E-state index contributed by atoms with van der Waals surface area (Å²) in [4.78, 5) is 17.3. The highest BCUT2D eigenvalue weighted by Crippen LogP contribution is 2.23. The highest BCUT2D eigenvalue weighted by atomic mass is 32.2. The lowest BCUT2D eigenvalue weighted by atomic mass is 10.1. The number of ketones is 1. The highest BCUT2D eigenvalue weighted by molar-refractivity contribution is 7.90. The van der Waals surface area contributed by atoms with Crippen LogP contribution < -0.4 is 0 Å². The molecule has 29 heavy (non-hydrogen) atoms. The second-order valence-corrected chi connectivity index (χ2v) is 7.93. The van der Waals surface area contributed by atoms with Crippen LogP contribution in [0.3, 0.4) is 0 Å². The van der Waals surface area contributed by atoms with Gasteiger partial charge < -0.3 is 0 Å². The average Bonchev–Trinajstić information content (AvgIpc) is 3.21. The van der Waals surface area contributed by atoms with Crippen molar-refractivity contribution in [2.45, 2.75) is 11.8 Å². The monoisotopic (exact) mass is 404 g/mol. The van der Waals surface area contributed by atoms with Crippen molar-refractivity contribution in [2.75, 3.05) is 0 Å². The maximum Gasteiger partial charge on any atom is 0.269 e. The first kappa shape index (κ1) is 20.2. The first-order valence-electron chi connectivity index (χ1n) is 8.94. The Hall–Kier alpha value is -3.51. The predicted octanol–water partition coefficient (Wildman–Crippen LogP) is 4.50. The molecule has 3 rings (SSSR count). The number of nitrogens with zero attached hydrogens (tertiary/aromatic N) is 2. The van der Waals surface area contributed by atoms with Gasteiger partial charge in [-0.3, -0.25) is 4.79 Å². The normalized spacial score (nSPS) is 12.2. The number of rotatable bonds is 7. The van der Waals surface area contributed by atoms with Crippen molar-refractivity contribution in [2.24, 2.45) is 0 Å². The molecule has 0 aliphatic heterocycles. The van der Waals surface area contributed by atoms with Crippen molar-refractivity contribution >= 4 is 21.4 Å². The molecule has 0 radical (unpaired) electrons. The number of allylic oxidation sites excluding steroid dienone is 5. The lowest BCUT2D eigenvalue weighted by Crippen LogP contribution is -2.14. The van der Waals surface area contributed by atoms with E-state index in [9.17, 15) is 13.2 Å². The lowest BCUT2D eigenvalue weighted by Gasteiger charge is -2.09. The Morgan fingerprint density at radius 3 is 2.24 bits per heavy atom. The van der Waals surface area contributed by atoms with Crippen LogP contribution in [0.4, 0.5) is 0 Å². The Morgan fingerprint density at radius 1 is 1.03 bits per heavy atom. The number of hydrogen-bond acceptors (Lipinski definition) is 4. The molecule has 0 atom stereocenters. The SMILES string of the molecule is C=C/C(=C\C=C/C)c1nc(C(=O)c2ccccc2)cn1S(=O)(=O)c1ccccc1. The molecule has 1 heterocycles. The second-order valence-electron chi connectivity index (χ2n) is 6.11. The number of hydrogen-bond donors (Lipinski definition) is 0. The fraction of sp³-hybridized carbons (Fsp3) is 0.0435. The van der Waals surface area contributed by atoms with Crippen LogP contribution in [-0.4, -0.2) is 23.2 Å². The van der Waals surface area contributed by atoms with E-state index in [2.05, 4.69) is 11.6 Å². The predicted molar refractivity (Wildman–Crippen MR) is 114 cm³/mol. The molecule has 146 valence electrons. The van der Waals surface area contributed by atoms with E-state index in [-0.39, 0.29) is 22.2 Å². The summed E-state index contributed by atoms with van der Waals surface area (Å²) in [7, 11) is -3.96. The van der Waals surface area contributed by atoms with E-state index in [1.807, 2.05) is 6.92 Å². The van der Waals surface area contributed by atoms with Gasteiger partial charge in [-0.2, -0.15) is 0 Å². The molecule has 3 aromatic rings. The van der Waals surface area contributed by atoms with Gasteiger partial charge in [0, 0.05) is 11.1 Å². The van der Waals surface area contributed by atoms with Gasteiger partial charge in [0.15, 0.2) is 5.82 Å². The zero-order chi connectivity index (χ0) is 20.9. The van der Waals surface area contributed by atoms with Crippen LogP contribution in [0.25, 0.3) is 5.57 Å². The molecule has 0 N–H and O–H groups in total. The number of carbonyl (C=O) groups excluding carboxylic acids is 1. The maximum atomic E-state index is 13.3. The molecule has 0 saturated heterocycles. The minimum Gasteiger partial charge on any atom is -0.287 e. The van der Waals surface area contributed by atoms with Gasteiger partial charge in [-0.05, 0) is 19.1 Å². The van der Waals surface area contributed by atoms with Crippen LogP contribution in [-0.2, 0) is 10.0 Å². The van der Waals surface area contributed by atoms with Gasteiger partial charge in [0.2, 0.25) is 5.78 Å². The molecule has 5 nitrogen and oxygen atoms in total. The quantitative estimate of drug-likeness (QED) is 0.430. The Morgan fingerprint density at radius 2 is 1.66 bits per heavy atom. The zero-order valence-electron chi connectivity index (χ0n) is 15.9. The molecule has 0 unspecified atom stereocenters. The summed E-state index contributed by atoms with van der Waals surface area (Å²) < 4.78 is 27.5. The Balaban J connectivity index is 2.22. The Kier molecular flexibility index (Phi) is 6.04. The highest BCUT2D eigenvalue weighted by Gasteiger charge is 2.25. The number of carbonyl (C=O) groups is 1. The summed E-state index contributed by atoms with van der Waals surface area (Å²) in [5, 5.41) is 0. The van der Waals surface area contributed by atoms with Gasteiger partial charge in [0.1, 0.15) is 5.69 Å². The van der Waals surface area contributed by atoms with Crippen molar-refractivity contribution in [3.05, 3.63) is 115 Å². The molecular formula is C23H20N2O3S. The zero-order valence-corrected chi connectivity index (χ0v) is 16.7. The van der Waals surface area contributed by atoms with Crippen molar-refractivity contribution in [3.8, 4) is 0 Å². The first-order valence-corrected chi connectivity index (χ1v) is 10.4. The summed E-state index contributed by atoms with van der Waals surface area (Å²) in [5.41, 5.74) is 0.951. The number of imidazole rings is 1. The van der Waals surface area contributed by atoms with Crippen molar-refractivity contribution in [3.63, 3.8) is 0 Å². The van der Waals surface area contributed by atoms with Gasteiger partial charge in [0.25, 0.3) is 10.0 Å². The maximum absolute atomic E-state index is 13.3. The fourth-order valence-corrected chi connectivity index (χ4v) is 4.07. The van der Waals surface area contributed by atoms with Crippen molar-refractivity contribution < 1.29 is 13.2 Å². The molecule has 0 aliphatic carbocycles. The lowest BCUT2D eigenvalue weighted by molar-refractivity contribution is 0.103. The largest absolute Gasteiger partial charge is 0.287 e. The van der Waals surface area contributed by atoms with E-state index in [1.165, 1.54) is 24.4 Å². The van der Waals surface area contributed by atoms with E-state index in [1.54, 1.807) is 66.8 Å². The molecule has 1 aromatic heterocycles. The summed E-state index contributed by atoms with van der Waals surface area (Å²) in [5.74, 6) is -0.232. The molecule has 0 fully saturated rings. The summed E-state index contributed by atoms with van der Waals surface area (Å²) in [6.45, 7) is 5.61. The number of aromatic nitrogens is 2. The molecule has 0 spiro atoms. The smallest absolute Gasteiger partial charge is 0.269 e. The van der Waals surface area contributed by atoms with Crippen molar-refractivity contribution in [1.82, 2.24) is 8.96 Å². The average molecular weight is 404 g/mol. The van der Waals surface area contributed by atoms with Gasteiger partial charge in [0.05, 0.1) is 11.1 Å². The van der Waals surface area contributed by atoms with Gasteiger partial charge in [-0.25, -0.2) is 17.4 Å². The second kappa shape index (κ2) is 8.67. The van der Waals surface area contributed by atoms with Crippen LogP contribution in [0.5, 0.6) is 0 Å². The fourth-order valence-electron chi connectivity index (χ4n) is 2.73. The third kappa shape index (κ3) is 4.17. The van der Waals surface area contributed by atoms with Crippen LogP contribution in [0.1, 0.15) is 28.8 Å². The molecule has 6 heteroatoms. The molecular weight excluding hydrogens is 384 g/mol. The van der Waals surface area contributed by atoms with Crippen LogP contribution in [0.15, 0.2) is 103 Å². The van der Waals surface area contributed by atoms with E-state index >= 15 is 0 Å². The van der Waals surface area contributed by atoms with Gasteiger partial charge >= 0.3 is 0 Å². The molecule has 0 saturated carbocycles. The van der Waals surface area contributed by atoms with Crippen LogP contribution in [0.2, 0.25) is 0 Å². The summed E-state index contributed by atoms with van der Waals surface area (Å²) in [6, 6.07) is 16.6. The van der Waals surface area contributed by atoms with E-state index < -0.39 is 10.0 Å². The minimum atomic E-state index is -3.96. The van der Waals surface area contributed by atoms with Crippen molar-refractivity contribution in [1.29, 1.82) is 0 Å². The Labute approximate surface area is 170 Å². The Bertz CT molecular complexity index is 1190. The van der Waals surface area contributed by atoms with E-state index in [0.29, 0.717) is 11.1 Å². The molecule has 2 aromatic carbocycles. The number of benzene rings is 2. The third-order valence-corrected chi connectivity index (χ3v) is 5.85. The van der Waals surface area contributed by atoms with E-state index in [0.717, 1.165) is 3.97 Å². The van der Waals surface area contributed by atoms with E-state index in [4.69, 9.17) is 0 Å². The third-order valence-electron chi connectivity index (χ3n) is 4.19. The molecule has 0 amide bonds. The molecule has 0 aliphatic rings. The first-order chi connectivity index (χ1) is 14.0. The topological polar surface area (TPSA) is 69.0 Å². The van der Waals surface area contributed by atoms with Crippen LogP contribution in [0, 0.1) is 0 Å². The summed E-state index contributed by atoms with van der Waals surface area (Å²) >= 11 is 0. The minimum absolute atomic E-state index is 0.0407. The summed E-state index contributed by atoms with van der Waals surface area (Å²) in [6.07, 6.45) is 8.03. The van der Waals surface area contributed by atoms with Gasteiger partial charge in [-0.1, -0.05) is 79.4 Å².